The van der Waals surface area contributed by atoms with Gasteiger partial charge in [-0.3, -0.25) is 4.79 Å². The molecule has 0 radical (unpaired) electrons. The Bertz CT molecular complexity index is 435. The maximum atomic E-state index is 11.2. The number of nitrogens with zero attached hydrogens (tertiary/aromatic N) is 2. The highest BCUT2D eigenvalue weighted by atomic mass is 16.5. The number of hydrogen-bond donors (Lipinski definition) is 2. The third-order valence-corrected chi connectivity index (χ3v) is 2.85. The van der Waals surface area contributed by atoms with Gasteiger partial charge in [0.05, 0.1) is 36.7 Å². The van der Waals surface area contributed by atoms with Gasteiger partial charge >= 0.3 is 0 Å². The number of carbonyl (C=O) groups excluding carboxylic acids is 1. The van der Waals surface area contributed by atoms with Gasteiger partial charge in [0.1, 0.15) is 5.82 Å². The van der Waals surface area contributed by atoms with Crippen LogP contribution in [-0.4, -0.2) is 36.7 Å². The lowest BCUT2D eigenvalue weighted by Gasteiger charge is -2.34. The third kappa shape index (κ3) is 2.31. The topological polar surface area (TPSA) is 94.5 Å². The number of amides is 1. The Morgan fingerprint density at radius 2 is 2.41 bits per heavy atom. The first-order chi connectivity index (χ1) is 8.09. The second-order valence-corrected chi connectivity index (χ2v) is 4.11. The molecular formula is C11H16N4O2. The number of ether oxygens (including phenoxy) is 1. The van der Waals surface area contributed by atoms with Gasteiger partial charge < -0.3 is 21.1 Å². The molecule has 6 nitrogen and oxygen atoms in total. The second kappa shape index (κ2) is 4.58. The van der Waals surface area contributed by atoms with E-state index in [1.165, 1.54) is 6.20 Å². The molecule has 0 aliphatic carbocycles. The Balaban J connectivity index is 2.32. The molecule has 1 fully saturated rings. The van der Waals surface area contributed by atoms with Gasteiger partial charge in [-0.2, -0.15) is 0 Å². The lowest BCUT2D eigenvalue weighted by atomic mass is 10.2. The molecule has 1 aliphatic heterocycles. The summed E-state index contributed by atoms with van der Waals surface area (Å²) in [6.45, 7) is 4.09. The number of pyridine rings is 1. The summed E-state index contributed by atoms with van der Waals surface area (Å²) in [5.41, 5.74) is 11.5. The molecule has 2 heterocycles. The van der Waals surface area contributed by atoms with Crippen LogP contribution in [-0.2, 0) is 4.74 Å². The van der Waals surface area contributed by atoms with E-state index in [2.05, 4.69) is 9.88 Å². The number of hydrogen-bond acceptors (Lipinski definition) is 5. The molecule has 1 amide bonds. The van der Waals surface area contributed by atoms with Crippen molar-refractivity contribution in [1.82, 2.24) is 4.98 Å². The fourth-order valence-electron chi connectivity index (χ4n) is 1.89. The number of nitrogens with two attached hydrogens (primary N) is 2. The number of carbonyl (C=O) groups is 1. The summed E-state index contributed by atoms with van der Waals surface area (Å²) in [6.07, 6.45) is 1.47. The first-order valence-corrected chi connectivity index (χ1v) is 5.49. The van der Waals surface area contributed by atoms with Gasteiger partial charge in [-0.25, -0.2) is 4.98 Å². The zero-order chi connectivity index (χ0) is 12.4. The van der Waals surface area contributed by atoms with Gasteiger partial charge in [-0.15, -0.1) is 0 Å². The van der Waals surface area contributed by atoms with E-state index in [0.29, 0.717) is 30.3 Å². The molecule has 2 rings (SSSR count). The van der Waals surface area contributed by atoms with Crippen LogP contribution in [0.2, 0.25) is 0 Å². The molecule has 4 N–H and O–H groups in total. The van der Waals surface area contributed by atoms with Crippen LogP contribution >= 0.6 is 0 Å². The number of rotatable bonds is 2. The summed E-state index contributed by atoms with van der Waals surface area (Å²) in [6, 6.07) is 1.86. The molecule has 92 valence electrons. The van der Waals surface area contributed by atoms with Crippen molar-refractivity contribution in [3.05, 3.63) is 17.8 Å². The molecule has 17 heavy (non-hydrogen) atoms. The second-order valence-electron chi connectivity index (χ2n) is 4.11. The fraction of sp³-hybridized carbons (Fsp3) is 0.455. The summed E-state index contributed by atoms with van der Waals surface area (Å²) < 4.78 is 5.35. The van der Waals surface area contributed by atoms with Gasteiger partial charge in [0.15, 0.2) is 0 Å². The van der Waals surface area contributed by atoms with Crippen LogP contribution in [0.15, 0.2) is 12.3 Å². The van der Waals surface area contributed by atoms with Crippen molar-refractivity contribution in [3.8, 4) is 0 Å². The van der Waals surface area contributed by atoms with E-state index in [1.807, 2.05) is 6.92 Å². The van der Waals surface area contributed by atoms with E-state index in [9.17, 15) is 4.79 Å². The van der Waals surface area contributed by atoms with E-state index in [-0.39, 0.29) is 6.04 Å². The van der Waals surface area contributed by atoms with Crippen molar-refractivity contribution < 1.29 is 9.53 Å². The summed E-state index contributed by atoms with van der Waals surface area (Å²) >= 11 is 0. The normalized spacial score (nSPS) is 20.3. The minimum Gasteiger partial charge on any atom is -0.397 e. The molecule has 1 saturated heterocycles. The molecule has 0 saturated carbocycles. The van der Waals surface area contributed by atoms with E-state index in [4.69, 9.17) is 16.2 Å². The highest BCUT2D eigenvalue weighted by molar-refractivity contribution is 5.98. The number of morpholine rings is 1. The lowest BCUT2D eigenvalue weighted by Crippen LogP contribution is -2.44. The van der Waals surface area contributed by atoms with Crippen molar-refractivity contribution in [2.45, 2.75) is 13.0 Å². The van der Waals surface area contributed by atoms with Gasteiger partial charge in [-0.1, -0.05) is 0 Å². The highest BCUT2D eigenvalue weighted by Gasteiger charge is 2.21. The Morgan fingerprint density at radius 1 is 1.65 bits per heavy atom. The van der Waals surface area contributed by atoms with Crippen molar-refractivity contribution in [2.75, 3.05) is 30.4 Å². The van der Waals surface area contributed by atoms with Crippen LogP contribution in [0.25, 0.3) is 0 Å². The third-order valence-electron chi connectivity index (χ3n) is 2.85. The van der Waals surface area contributed by atoms with Crippen molar-refractivity contribution >= 4 is 17.4 Å². The Kier molecular flexibility index (Phi) is 3.14. The molecule has 1 aromatic rings. The predicted octanol–water partition coefficient (Wildman–Crippen LogP) is -0.0122. The van der Waals surface area contributed by atoms with E-state index in [0.717, 1.165) is 6.54 Å². The molecule has 0 bridgehead atoms. The summed E-state index contributed by atoms with van der Waals surface area (Å²) in [5.74, 6) is 0.177. The van der Waals surface area contributed by atoms with Crippen molar-refractivity contribution in [2.24, 2.45) is 5.73 Å². The Labute approximate surface area is 99.5 Å². The quantitative estimate of drug-likeness (QED) is 0.753. The number of aromatic nitrogens is 1. The number of primary amides is 1. The smallest absolute Gasteiger partial charge is 0.250 e. The molecule has 6 heteroatoms. The molecule has 1 unspecified atom stereocenters. The molecule has 1 atom stereocenters. The van der Waals surface area contributed by atoms with Crippen LogP contribution in [0.5, 0.6) is 0 Å². The van der Waals surface area contributed by atoms with Crippen LogP contribution in [0.4, 0.5) is 11.5 Å². The molecule has 1 aliphatic rings. The number of nitrogen functional groups attached to an aromatic ring is 1. The SMILES string of the molecule is CC1COCCN1c1cc(C(N)=O)c(N)cn1. The zero-order valence-electron chi connectivity index (χ0n) is 9.72. The minimum absolute atomic E-state index is 0.223. The largest absolute Gasteiger partial charge is 0.397 e. The molecule has 1 aromatic heterocycles. The highest BCUT2D eigenvalue weighted by Crippen LogP contribution is 2.21. The average Bonchev–Trinajstić information content (AvgIpc) is 2.30. The van der Waals surface area contributed by atoms with Crippen LogP contribution < -0.4 is 16.4 Å². The van der Waals surface area contributed by atoms with E-state index < -0.39 is 5.91 Å². The number of anilines is 2. The van der Waals surface area contributed by atoms with E-state index >= 15 is 0 Å². The lowest BCUT2D eigenvalue weighted by molar-refractivity contribution is 0.0984. The summed E-state index contributed by atoms with van der Waals surface area (Å²) in [7, 11) is 0. The zero-order valence-corrected chi connectivity index (χ0v) is 9.72. The Hall–Kier alpha value is -1.82. The van der Waals surface area contributed by atoms with Crippen LogP contribution in [0, 0.1) is 0 Å². The fourth-order valence-corrected chi connectivity index (χ4v) is 1.89. The standard InChI is InChI=1S/C11H16N4O2/c1-7-6-17-3-2-15(7)10-4-8(11(13)16)9(12)5-14-10/h4-5,7H,2-3,6,12H2,1H3,(H2,13,16). The predicted molar refractivity (Wildman–Crippen MR) is 64.8 cm³/mol. The van der Waals surface area contributed by atoms with Gasteiger partial charge in [-0.05, 0) is 13.0 Å². The molecule has 0 spiro atoms. The monoisotopic (exact) mass is 236 g/mol. The van der Waals surface area contributed by atoms with Gasteiger partial charge in [0.2, 0.25) is 0 Å². The van der Waals surface area contributed by atoms with Crippen LogP contribution in [0.3, 0.4) is 0 Å². The van der Waals surface area contributed by atoms with Crippen LogP contribution in [0.1, 0.15) is 17.3 Å². The van der Waals surface area contributed by atoms with Gasteiger partial charge in [0.25, 0.3) is 5.91 Å². The van der Waals surface area contributed by atoms with Crippen molar-refractivity contribution in [1.29, 1.82) is 0 Å². The average molecular weight is 236 g/mol. The van der Waals surface area contributed by atoms with Gasteiger partial charge in [0, 0.05) is 6.54 Å². The summed E-state index contributed by atoms with van der Waals surface area (Å²) in [4.78, 5) is 17.5. The van der Waals surface area contributed by atoms with E-state index in [1.54, 1.807) is 6.07 Å². The molecular weight excluding hydrogens is 220 g/mol. The first kappa shape index (κ1) is 11.7. The first-order valence-electron chi connectivity index (χ1n) is 5.49. The maximum absolute atomic E-state index is 11.2. The minimum atomic E-state index is -0.535. The maximum Gasteiger partial charge on any atom is 0.250 e. The Morgan fingerprint density at radius 3 is 3.06 bits per heavy atom. The summed E-state index contributed by atoms with van der Waals surface area (Å²) in [5, 5.41) is 0. The van der Waals surface area contributed by atoms with Crippen molar-refractivity contribution in [3.63, 3.8) is 0 Å². The molecule has 0 aromatic carbocycles.